The van der Waals surface area contributed by atoms with Crippen molar-refractivity contribution >= 4 is 11.2 Å². The summed E-state index contributed by atoms with van der Waals surface area (Å²) in [6.07, 6.45) is 5.11. The second-order valence-electron chi connectivity index (χ2n) is 2.32. The second-order valence-corrected chi connectivity index (χ2v) is 3.98. The van der Waals surface area contributed by atoms with E-state index in [0.29, 0.717) is 5.25 Å². The Morgan fingerprint density at radius 2 is 2.00 bits per heavy atom. The molecule has 2 unspecified atom stereocenters. The van der Waals surface area contributed by atoms with Crippen LogP contribution in [-0.4, -0.2) is 16.1 Å². The molecular formula is C7H16OS. The molecule has 0 heterocycles. The maximum Gasteiger partial charge on any atom is 0.115 e. The van der Waals surface area contributed by atoms with Gasteiger partial charge in [-0.1, -0.05) is 31.4 Å². The van der Waals surface area contributed by atoms with Gasteiger partial charge in [-0.25, -0.2) is 0 Å². The summed E-state index contributed by atoms with van der Waals surface area (Å²) in [5.41, 5.74) is 0. The Kier molecular flexibility index (Phi) is 5.30. The highest BCUT2D eigenvalue weighted by Gasteiger charge is 2.13. The first-order valence-electron chi connectivity index (χ1n) is 3.54. The predicted molar refractivity (Wildman–Crippen MR) is 43.1 cm³/mol. The van der Waals surface area contributed by atoms with Crippen LogP contribution in [-0.2, 0) is 11.2 Å². The Morgan fingerprint density at radius 3 is 2.11 bits per heavy atom. The van der Waals surface area contributed by atoms with Gasteiger partial charge in [0.05, 0.1) is 6.26 Å². The van der Waals surface area contributed by atoms with Crippen LogP contribution >= 0.6 is 0 Å². The van der Waals surface area contributed by atoms with Gasteiger partial charge in [-0.3, -0.25) is 0 Å². The van der Waals surface area contributed by atoms with Crippen LogP contribution in [0.4, 0.5) is 0 Å². The molecular weight excluding hydrogens is 132 g/mol. The number of hydrogen-bond acceptors (Lipinski definition) is 1. The molecule has 9 heavy (non-hydrogen) atoms. The SMILES string of the molecule is CCCC(CC)[S+](C)[O-]. The molecule has 0 rings (SSSR count). The highest BCUT2D eigenvalue weighted by atomic mass is 32.2. The maximum atomic E-state index is 10.9. The molecule has 0 aliphatic rings. The van der Waals surface area contributed by atoms with Crippen molar-refractivity contribution in [1.82, 2.24) is 0 Å². The second kappa shape index (κ2) is 5.12. The minimum absolute atomic E-state index is 0.440. The van der Waals surface area contributed by atoms with Crippen LogP contribution in [0.25, 0.3) is 0 Å². The molecule has 0 radical (unpaired) electrons. The summed E-state index contributed by atoms with van der Waals surface area (Å²) in [6, 6.07) is 0. The Hall–Kier alpha value is 0.310. The first-order valence-corrected chi connectivity index (χ1v) is 5.16. The summed E-state index contributed by atoms with van der Waals surface area (Å²) in [5, 5.41) is 0.440. The minimum atomic E-state index is -0.603. The molecule has 0 aliphatic heterocycles. The third-order valence-corrected chi connectivity index (χ3v) is 3.04. The van der Waals surface area contributed by atoms with Crippen LogP contribution in [0.2, 0.25) is 0 Å². The lowest BCUT2D eigenvalue weighted by atomic mass is 10.2. The smallest absolute Gasteiger partial charge is 0.115 e. The van der Waals surface area contributed by atoms with Gasteiger partial charge in [-0.15, -0.1) is 0 Å². The zero-order valence-corrected chi connectivity index (χ0v) is 7.33. The maximum absolute atomic E-state index is 10.9. The highest BCUT2D eigenvalue weighted by Crippen LogP contribution is 2.10. The third kappa shape index (κ3) is 3.82. The fourth-order valence-electron chi connectivity index (χ4n) is 0.927. The molecule has 0 saturated carbocycles. The van der Waals surface area contributed by atoms with E-state index in [0.717, 1.165) is 19.3 Å². The summed E-state index contributed by atoms with van der Waals surface area (Å²) in [4.78, 5) is 0. The fourth-order valence-corrected chi connectivity index (χ4v) is 1.96. The lowest BCUT2D eigenvalue weighted by Crippen LogP contribution is -2.18. The largest absolute Gasteiger partial charge is 0.616 e. The van der Waals surface area contributed by atoms with E-state index in [4.69, 9.17) is 0 Å². The minimum Gasteiger partial charge on any atom is -0.616 e. The van der Waals surface area contributed by atoms with Crippen LogP contribution in [0, 0.1) is 0 Å². The first kappa shape index (κ1) is 9.31. The van der Waals surface area contributed by atoms with Gasteiger partial charge in [0, 0.05) is 0 Å². The zero-order chi connectivity index (χ0) is 7.28. The molecule has 0 aromatic heterocycles. The van der Waals surface area contributed by atoms with Gasteiger partial charge in [0.2, 0.25) is 0 Å². The van der Waals surface area contributed by atoms with Gasteiger partial charge in [-0.2, -0.15) is 0 Å². The quantitative estimate of drug-likeness (QED) is 0.559. The summed E-state index contributed by atoms with van der Waals surface area (Å²) in [7, 11) is 0. The van der Waals surface area contributed by atoms with Gasteiger partial charge in [0.25, 0.3) is 0 Å². The van der Waals surface area contributed by atoms with Crippen LogP contribution in [0.15, 0.2) is 0 Å². The Labute approximate surface area is 61.0 Å². The molecule has 0 aromatic carbocycles. The van der Waals surface area contributed by atoms with E-state index in [1.165, 1.54) is 0 Å². The third-order valence-electron chi connectivity index (χ3n) is 1.54. The van der Waals surface area contributed by atoms with E-state index < -0.39 is 11.2 Å². The predicted octanol–water partition coefficient (Wildman–Crippen LogP) is 1.94. The Morgan fingerprint density at radius 1 is 1.44 bits per heavy atom. The summed E-state index contributed by atoms with van der Waals surface area (Å²) in [5.74, 6) is 0. The molecule has 0 fully saturated rings. The lowest BCUT2D eigenvalue weighted by molar-refractivity contribution is 0.569. The van der Waals surface area contributed by atoms with Crippen molar-refractivity contribution in [2.24, 2.45) is 0 Å². The van der Waals surface area contributed by atoms with E-state index in [2.05, 4.69) is 13.8 Å². The molecule has 2 atom stereocenters. The topological polar surface area (TPSA) is 23.1 Å². The molecule has 56 valence electrons. The van der Waals surface area contributed by atoms with Gasteiger partial charge >= 0.3 is 0 Å². The molecule has 0 amide bonds. The van der Waals surface area contributed by atoms with Crippen molar-refractivity contribution in [3.05, 3.63) is 0 Å². The van der Waals surface area contributed by atoms with E-state index in [1.54, 1.807) is 6.26 Å². The molecule has 0 aliphatic carbocycles. The Bertz CT molecular complexity index is 63.9. The van der Waals surface area contributed by atoms with Crippen molar-refractivity contribution in [1.29, 1.82) is 0 Å². The van der Waals surface area contributed by atoms with E-state index in [-0.39, 0.29) is 0 Å². The van der Waals surface area contributed by atoms with Gasteiger partial charge in [-0.05, 0) is 12.8 Å². The number of hydrogen-bond donors (Lipinski definition) is 0. The van der Waals surface area contributed by atoms with E-state index in [9.17, 15) is 4.55 Å². The fraction of sp³-hybridized carbons (Fsp3) is 1.00. The van der Waals surface area contributed by atoms with Gasteiger partial charge in [0.1, 0.15) is 5.25 Å². The summed E-state index contributed by atoms with van der Waals surface area (Å²) in [6.45, 7) is 4.23. The van der Waals surface area contributed by atoms with Crippen LogP contribution in [0.5, 0.6) is 0 Å². The van der Waals surface area contributed by atoms with Gasteiger partial charge in [0.15, 0.2) is 0 Å². The van der Waals surface area contributed by atoms with Crippen LogP contribution < -0.4 is 0 Å². The van der Waals surface area contributed by atoms with Crippen molar-refractivity contribution in [2.45, 2.75) is 38.4 Å². The van der Waals surface area contributed by atoms with E-state index in [1.807, 2.05) is 0 Å². The van der Waals surface area contributed by atoms with Crippen LogP contribution in [0.3, 0.4) is 0 Å². The zero-order valence-electron chi connectivity index (χ0n) is 6.52. The molecule has 0 bridgehead atoms. The molecule has 2 heteroatoms. The average molecular weight is 148 g/mol. The normalized spacial score (nSPS) is 17.3. The molecule has 0 saturated heterocycles. The summed E-state index contributed by atoms with van der Waals surface area (Å²) < 4.78 is 10.9. The van der Waals surface area contributed by atoms with Crippen LogP contribution in [0.1, 0.15) is 33.1 Å². The average Bonchev–Trinajstić information content (AvgIpc) is 1.82. The molecule has 0 aromatic rings. The van der Waals surface area contributed by atoms with Gasteiger partial charge < -0.3 is 4.55 Å². The standard InChI is InChI=1S/C7H16OS/c1-4-6-7(5-2)9(3)8/h7H,4-6H2,1-3H3. The van der Waals surface area contributed by atoms with Crippen molar-refractivity contribution < 1.29 is 4.55 Å². The lowest BCUT2D eigenvalue weighted by Gasteiger charge is -2.15. The molecule has 0 N–H and O–H groups in total. The van der Waals surface area contributed by atoms with Crippen molar-refractivity contribution in [3.8, 4) is 0 Å². The summed E-state index contributed by atoms with van der Waals surface area (Å²) >= 11 is -0.603. The van der Waals surface area contributed by atoms with E-state index >= 15 is 0 Å². The number of rotatable bonds is 4. The molecule has 1 nitrogen and oxygen atoms in total. The first-order chi connectivity index (χ1) is 4.22. The molecule has 0 spiro atoms. The highest BCUT2D eigenvalue weighted by molar-refractivity contribution is 7.91. The van der Waals surface area contributed by atoms with Crippen molar-refractivity contribution in [3.63, 3.8) is 0 Å². The Balaban J connectivity index is 3.41. The monoisotopic (exact) mass is 148 g/mol. The van der Waals surface area contributed by atoms with Crippen molar-refractivity contribution in [2.75, 3.05) is 6.26 Å².